The molecule has 7 nitrogen and oxygen atoms in total. The molecule has 0 radical (unpaired) electrons. The first kappa shape index (κ1) is 14.5. The molecule has 1 aromatic heterocycles. The number of aromatic amines is 1. The number of nitrogens with two attached hydrogens (primary N) is 1. The van der Waals surface area contributed by atoms with Crippen molar-refractivity contribution < 1.29 is 8.42 Å². The number of hydrogen-bond donors (Lipinski definition) is 3. The zero-order valence-electron chi connectivity index (χ0n) is 11.5. The topological polar surface area (TPSA) is 114 Å². The second-order valence-electron chi connectivity index (χ2n) is 4.69. The smallest absolute Gasteiger partial charge is 0.243 e. The van der Waals surface area contributed by atoms with E-state index < -0.39 is 16.1 Å². The zero-order chi connectivity index (χ0) is 14.9. The molecule has 20 heavy (non-hydrogen) atoms. The van der Waals surface area contributed by atoms with Crippen LogP contribution in [0.3, 0.4) is 0 Å². The molecule has 4 N–H and O–H groups in total. The van der Waals surface area contributed by atoms with Crippen LogP contribution in [0.5, 0.6) is 0 Å². The van der Waals surface area contributed by atoms with Gasteiger partial charge in [-0.05, 0) is 44.0 Å². The van der Waals surface area contributed by atoms with E-state index >= 15 is 0 Å². The molecule has 1 atom stereocenters. The maximum absolute atomic E-state index is 12.4. The molecule has 1 aromatic carbocycles. The summed E-state index contributed by atoms with van der Waals surface area (Å²) >= 11 is 0. The number of anilines is 1. The SMILES string of the molecule is Cc1cc(N)c(S(=O)(=O)NC(C)c2ncn[nH]2)cc1C. The first-order chi connectivity index (χ1) is 9.31. The van der Waals surface area contributed by atoms with Crippen molar-refractivity contribution in [1.29, 1.82) is 0 Å². The van der Waals surface area contributed by atoms with Gasteiger partial charge in [-0.1, -0.05) is 0 Å². The quantitative estimate of drug-likeness (QED) is 0.729. The van der Waals surface area contributed by atoms with Gasteiger partial charge in [0.05, 0.1) is 11.7 Å². The first-order valence-corrected chi connectivity index (χ1v) is 7.54. The Morgan fingerprint density at radius 3 is 2.55 bits per heavy atom. The highest BCUT2D eigenvalue weighted by atomic mass is 32.2. The number of aromatic nitrogens is 3. The van der Waals surface area contributed by atoms with E-state index in [0.717, 1.165) is 11.1 Å². The number of rotatable bonds is 4. The van der Waals surface area contributed by atoms with Gasteiger partial charge in [0.1, 0.15) is 17.0 Å². The van der Waals surface area contributed by atoms with Crippen LogP contribution in [0.25, 0.3) is 0 Å². The predicted octanol–water partition coefficient (Wildman–Crippen LogP) is 1.04. The average molecular weight is 295 g/mol. The molecule has 0 bridgehead atoms. The highest BCUT2D eigenvalue weighted by molar-refractivity contribution is 7.89. The number of aryl methyl sites for hydroxylation is 2. The fourth-order valence-electron chi connectivity index (χ4n) is 1.82. The average Bonchev–Trinajstić information content (AvgIpc) is 2.86. The molecule has 0 spiro atoms. The lowest BCUT2D eigenvalue weighted by Gasteiger charge is -2.14. The van der Waals surface area contributed by atoms with Gasteiger partial charge in [0.15, 0.2) is 0 Å². The summed E-state index contributed by atoms with van der Waals surface area (Å²) in [7, 11) is -3.72. The van der Waals surface area contributed by atoms with E-state index in [1.54, 1.807) is 19.1 Å². The number of sulfonamides is 1. The summed E-state index contributed by atoms with van der Waals surface area (Å²) in [5.41, 5.74) is 7.86. The summed E-state index contributed by atoms with van der Waals surface area (Å²) in [6.07, 6.45) is 1.32. The Labute approximate surface area is 117 Å². The Kier molecular flexibility index (Phi) is 3.78. The van der Waals surface area contributed by atoms with Crippen LogP contribution in [0.1, 0.15) is 29.9 Å². The van der Waals surface area contributed by atoms with Crippen LogP contribution >= 0.6 is 0 Å². The fraction of sp³-hybridized carbons (Fsp3) is 0.333. The van der Waals surface area contributed by atoms with Crippen molar-refractivity contribution in [1.82, 2.24) is 19.9 Å². The van der Waals surface area contributed by atoms with Gasteiger partial charge >= 0.3 is 0 Å². The highest BCUT2D eigenvalue weighted by Gasteiger charge is 2.22. The molecule has 0 aliphatic carbocycles. The standard InChI is InChI=1S/C12H17N5O2S/c1-7-4-10(13)11(5-8(7)2)20(18,19)17-9(3)12-14-6-15-16-12/h4-6,9,17H,13H2,1-3H3,(H,14,15,16). The maximum atomic E-state index is 12.4. The molecular formula is C12H17N5O2S. The minimum Gasteiger partial charge on any atom is -0.398 e. The lowest BCUT2D eigenvalue weighted by molar-refractivity contribution is 0.560. The second kappa shape index (κ2) is 5.22. The molecule has 1 unspecified atom stereocenters. The van der Waals surface area contributed by atoms with Crippen LogP contribution in [-0.2, 0) is 10.0 Å². The number of nitrogens with one attached hydrogen (secondary N) is 2. The van der Waals surface area contributed by atoms with E-state index in [1.165, 1.54) is 6.33 Å². The van der Waals surface area contributed by atoms with Crippen LogP contribution in [0.15, 0.2) is 23.4 Å². The third-order valence-electron chi connectivity index (χ3n) is 3.09. The summed E-state index contributed by atoms with van der Waals surface area (Å²) in [4.78, 5) is 4.00. The van der Waals surface area contributed by atoms with Crippen molar-refractivity contribution in [2.75, 3.05) is 5.73 Å². The number of benzene rings is 1. The Hall–Kier alpha value is -1.93. The highest BCUT2D eigenvalue weighted by Crippen LogP contribution is 2.23. The Morgan fingerprint density at radius 2 is 1.95 bits per heavy atom. The van der Waals surface area contributed by atoms with Crippen molar-refractivity contribution in [3.63, 3.8) is 0 Å². The van der Waals surface area contributed by atoms with Crippen LogP contribution in [0.4, 0.5) is 5.69 Å². The van der Waals surface area contributed by atoms with Crippen LogP contribution in [0.2, 0.25) is 0 Å². The van der Waals surface area contributed by atoms with Crippen molar-refractivity contribution in [3.8, 4) is 0 Å². The van der Waals surface area contributed by atoms with Gasteiger partial charge in [-0.15, -0.1) is 0 Å². The van der Waals surface area contributed by atoms with Crippen LogP contribution in [0, 0.1) is 13.8 Å². The van der Waals surface area contributed by atoms with E-state index in [-0.39, 0.29) is 10.6 Å². The third-order valence-corrected chi connectivity index (χ3v) is 4.69. The summed E-state index contributed by atoms with van der Waals surface area (Å²) in [6.45, 7) is 5.40. The number of H-pyrrole nitrogens is 1. The summed E-state index contributed by atoms with van der Waals surface area (Å²) < 4.78 is 27.3. The second-order valence-corrected chi connectivity index (χ2v) is 6.37. The van der Waals surface area contributed by atoms with Gasteiger partial charge in [0.25, 0.3) is 0 Å². The van der Waals surface area contributed by atoms with Gasteiger partial charge in [-0.2, -0.15) is 5.10 Å². The largest absolute Gasteiger partial charge is 0.398 e. The van der Waals surface area contributed by atoms with E-state index in [4.69, 9.17) is 5.73 Å². The minimum atomic E-state index is -3.72. The van der Waals surface area contributed by atoms with E-state index in [0.29, 0.717) is 5.82 Å². The molecule has 0 saturated heterocycles. The number of hydrogen-bond acceptors (Lipinski definition) is 5. The number of nitrogen functional groups attached to an aromatic ring is 1. The molecule has 0 amide bonds. The first-order valence-electron chi connectivity index (χ1n) is 6.05. The fourth-order valence-corrected chi connectivity index (χ4v) is 3.23. The van der Waals surface area contributed by atoms with Gasteiger partial charge in [0, 0.05) is 0 Å². The van der Waals surface area contributed by atoms with E-state index in [2.05, 4.69) is 19.9 Å². The molecule has 0 saturated carbocycles. The normalized spacial score (nSPS) is 13.3. The van der Waals surface area contributed by atoms with Crippen LogP contribution in [-0.4, -0.2) is 23.6 Å². The predicted molar refractivity (Wildman–Crippen MR) is 75.4 cm³/mol. The Balaban J connectivity index is 2.34. The Morgan fingerprint density at radius 1 is 1.30 bits per heavy atom. The van der Waals surface area contributed by atoms with Gasteiger partial charge in [0.2, 0.25) is 10.0 Å². The maximum Gasteiger partial charge on any atom is 0.243 e. The van der Waals surface area contributed by atoms with Crippen molar-refractivity contribution in [2.24, 2.45) is 0 Å². The molecule has 0 fully saturated rings. The van der Waals surface area contributed by atoms with Gasteiger partial charge in [-0.25, -0.2) is 18.1 Å². The van der Waals surface area contributed by atoms with Crippen molar-refractivity contribution >= 4 is 15.7 Å². The lowest BCUT2D eigenvalue weighted by Crippen LogP contribution is -2.28. The third kappa shape index (κ3) is 2.81. The lowest BCUT2D eigenvalue weighted by atomic mass is 10.1. The monoisotopic (exact) mass is 295 g/mol. The van der Waals surface area contributed by atoms with Gasteiger partial charge in [-0.3, -0.25) is 5.10 Å². The summed E-state index contributed by atoms with van der Waals surface area (Å²) in [6, 6.07) is 2.70. The van der Waals surface area contributed by atoms with Crippen molar-refractivity contribution in [3.05, 3.63) is 35.4 Å². The zero-order valence-corrected chi connectivity index (χ0v) is 12.3. The molecule has 0 aliphatic rings. The van der Waals surface area contributed by atoms with Crippen LogP contribution < -0.4 is 10.5 Å². The summed E-state index contributed by atoms with van der Waals surface area (Å²) in [5.74, 6) is 0.441. The Bertz CT molecular complexity index is 710. The van der Waals surface area contributed by atoms with E-state index in [9.17, 15) is 8.42 Å². The summed E-state index contributed by atoms with van der Waals surface area (Å²) in [5, 5.41) is 6.32. The van der Waals surface area contributed by atoms with Gasteiger partial charge < -0.3 is 5.73 Å². The molecule has 8 heteroatoms. The molecule has 108 valence electrons. The molecule has 0 aliphatic heterocycles. The molecular weight excluding hydrogens is 278 g/mol. The number of nitrogens with zero attached hydrogens (tertiary/aromatic N) is 2. The van der Waals surface area contributed by atoms with Crippen molar-refractivity contribution in [2.45, 2.75) is 31.7 Å². The molecule has 2 aromatic rings. The van der Waals surface area contributed by atoms with E-state index in [1.807, 2.05) is 13.8 Å². The minimum absolute atomic E-state index is 0.0759. The molecule has 1 heterocycles. The molecule has 2 rings (SSSR count).